The second-order valence-corrected chi connectivity index (χ2v) is 18.6. The third-order valence-electron chi connectivity index (χ3n) is 10.6. The fourth-order valence-electron chi connectivity index (χ4n) is 7.19. The first-order valence-corrected chi connectivity index (χ1v) is 20.4. The maximum atomic E-state index is 14.6. The Labute approximate surface area is 316 Å². The number of Topliss-reactive ketones (excluding diaryl/α,β-unsaturated/α-hetero) is 1. The normalized spacial score (nSPS) is 20.8. The maximum Gasteiger partial charge on any atom is 0.315 e. The molecule has 0 aromatic heterocycles. The van der Waals surface area contributed by atoms with Crippen LogP contribution in [0.25, 0.3) is 0 Å². The van der Waals surface area contributed by atoms with E-state index < -0.39 is 68.5 Å². The number of ketones is 1. The number of rotatable bonds is 15. The van der Waals surface area contributed by atoms with Gasteiger partial charge in [-0.2, -0.15) is 0 Å². The number of amides is 5. The number of urea groups is 1. The van der Waals surface area contributed by atoms with Crippen LogP contribution in [0.5, 0.6) is 0 Å². The molecule has 0 radical (unpaired) electrons. The fraction of sp³-hybridized carbons (Fsp3) is 0.625. The average molecular weight is 754 g/mol. The molecule has 2 unspecified atom stereocenters. The highest BCUT2D eigenvalue weighted by Crippen LogP contribution is 2.40. The number of terminal acetylenes is 1. The monoisotopic (exact) mass is 753 g/mol. The van der Waals surface area contributed by atoms with E-state index in [1.54, 1.807) is 45.0 Å². The topological polar surface area (TPSA) is 171 Å². The molecule has 3 rings (SSSR count). The van der Waals surface area contributed by atoms with E-state index >= 15 is 0 Å². The smallest absolute Gasteiger partial charge is 0.315 e. The molecule has 1 heterocycles. The van der Waals surface area contributed by atoms with Crippen LogP contribution in [0.15, 0.2) is 43.0 Å². The van der Waals surface area contributed by atoms with Crippen LogP contribution in [0.1, 0.15) is 98.5 Å². The van der Waals surface area contributed by atoms with Crippen LogP contribution in [0.4, 0.5) is 4.79 Å². The average Bonchev–Trinajstić information content (AvgIpc) is 3.07. The van der Waals surface area contributed by atoms with Crippen molar-refractivity contribution < 1.29 is 32.4 Å². The molecule has 5 amide bonds. The van der Waals surface area contributed by atoms with Crippen molar-refractivity contribution in [1.29, 1.82) is 0 Å². The predicted octanol–water partition coefficient (Wildman–Crippen LogP) is 4.05. The van der Waals surface area contributed by atoms with E-state index in [1.165, 1.54) is 11.0 Å². The van der Waals surface area contributed by atoms with Crippen molar-refractivity contribution >= 4 is 39.4 Å². The van der Waals surface area contributed by atoms with Crippen LogP contribution < -0.4 is 21.3 Å². The fourth-order valence-corrected chi connectivity index (χ4v) is 9.19. The highest BCUT2D eigenvalue weighted by Gasteiger charge is 2.48. The number of sulfone groups is 1. The molecule has 2 aliphatic rings. The second-order valence-electron chi connectivity index (χ2n) is 16.5. The van der Waals surface area contributed by atoms with Gasteiger partial charge in [-0.15, -0.1) is 18.9 Å². The lowest BCUT2D eigenvalue weighted by molar-refractivity contribution is -0.151. The lowest BCUT2D eigenvalue weighted by atomic mass is 9.71. The molecular weight excluding hydrogens is 695 g/mol. The van der Waals surface area contributed by atoms with Crippen LogP contribution in [-0.2, 0) is 34.8 Å². The molecule has 2 fully saturated rings. The van der Waals surface area contributed by atoms with Gasteiger partial charge >= 0.3 is 6.03 Å². The van der Waals surface area contributed by atoms with Gasteiger partial charge in [-0.3, -0.25) is 19.2 Å². The summed E-state index contributed by atoms with van der Waals surface area (Å²) in [4.78, 5) is 69.7. The molecule has 13 heteroatoms. The van der Waals surface area contributed by atoms with E-state index in [1.807, 2.05) is 26.8 Å². The van der Waals surface area contributed by atoms with E-state index in [2.05, 4.69) is 33.8 Å². The van der Waals surface area contributed by atoms with Gasteiger partial charge in [0, 0.05) is 19.5 Å². The van der Waals surface area contributed by atoms with Gasteiger partial charge in [-0.1, -0.05) is 97.2 Å². The summed E-state index contributed by atoms with van der Waals surface area (Å²) >= 11 is 0. The lowest BCUT2D eigenvalue weighted by Crippen LogP contribution is -2.66. The van der Waals surface area contributed by atoms with Crippen molar-refractivity contribution in [3.63, 3.8) is 0 Å². The summed E-state index contributed by atoms with van der Waals surface area (Å²) < 4.78 is 26.9. The zero-order chi connectivity index (χ0) is 39.6. The van der Waals surface area contributed by atoms with Crippen LogP contribution in [0.2, 0.25) is 0 Å². The van der Waals surface area contributed by atoms with Crippen molar-refractivity contribution in [2.45, 2.75) is 122 Å². The van der Waals surface area contributed by atoms with E-state index in [9.17, 15) is 32.4 Å². The number of carbonyl (C=O) groups excluding carboxylic acids is 5. The highest BCUT2D eigenvalue weighted by atomic mass is 32.2. The van der Waals surface area contributed by atoms with Crippen LogP contribution >= 0.6 is 0 Å². The largest absolute Gasteiger partial charge is 0.346 e. The molecule has 1 aliphatic carbocycles. The minimum atomic E-state index is -3.62. The molecule has 4 atom stereocenters. The third kappa shape index (κ3) is 12.2. The molecule has 1 aromatic rings. The Balaban J connectivity index is 1.88. The molecule has 4 N–H and O–H groups in total. The predicted molar refractivity (Wildman–Crippen MR) is 206 cm³/mol. The standard InChI is InChI=1S/C40H59N5O7S/c1-9-11-20-30(32(46)35(48)41-23-10-2)42-34(47)31-24-39(7,8)28(3)25-45(31)36(49)33(38(4,5)6)43-37(50)44-40(21-16-13-17-22-40)27-53(51,52)26-29-18-14-12-15-19-29/h1,10,12,14-15,18-19,28,30-31,33H,2,11,13,16-17,20-27H2,3-8H3,(H,41,48)(H,42,47)(H2,43,44,50)/t28?,30?,31-,33+/m0/s1. The number of carbonyl (C=O) groups is 5. The summed E-state index contributed by atoms with van der Waals surface area (Å²) in [6.07, 6.45) is 10.7. The van der Waals surface area contributed by atoms with E-state index in [0.29, 0.717) is 18.4 Å². The lowest BCUT2D eigenvalue weighted by Gasteiger charge is -2.49. The van der Waals surface area contributed by atoms with Gasteiger partial charge in [0.1, 0.15) is 12.1 Å². The van der Waals surface area contributed by atoms with Gasteiger partial charge in [0.15, 0.2) is 9.84 Å². The summed E-state index contributed by atoms with van der Waals surface area (Å²) in [5.41, 5.74) is -1.54. The zero-order valence-electron chi connectivity index (χ0n) is 32.3. The second kappa shape index (κ2) is 18.2. The Hall–Kier alpha value is -4.18. The Morgan fingerprint density at radius 3 is 2.28 bits per heavy atom. The van der Waals surface area contributed by atoms with Gasteiger partial charge in [-0.05, 0) is 48.0 Å². The van der Waals surface area contributed by atoms with E-state index in [0.717, 1.165) is 19.3 Å². The van der Waals surface area contributed by atoms with Crippen molar-refractivity contribution in [3.05, 3.63) is 48.6 Å². The van der Waals surface area contributed by atoms with Crippen molar-refractivity contribution in [3.8, 4) is 12.3 Å². The number of likely N-dealkylation sites (tertiary alicyclic amines) is 1. The Kier molecular flexibility index (Phi) is 14.9. The molecular formula is C40H59N5O7S. The first-order valence-electron chi connectivity index (χ1n) is 18.5. The summed E-state index contributed by atoms with van der Waals surface area (Å²) in [5.74, 6) is -0.805. The van der Waals surface area contributed by atoms with Gasteiger partial charge in [0.05, 0.1) is 23.1 Å². The molecule has 53 heavy (non-hydrogen) atoms. The summed E-state index contributed by atoms with van der Waals surface area (Å²) in [5, 5.41) is 11.0. The summed E-state index contributed by atoms with van der Waals surface area (Å²) in [7, 11) is -3.62. The third-order valence-corrected chi connectivity index (χ3v) is 12.4. The van der Waals surface area contributed by atoms with Crippen LogP contribution in [0.3, 0.4) is 0 Å². The van der Waals surface area contributed by atoms with Crippen molar-refractivity contribution in [1.82, 2.24) is 26.2 Å². The maximum absolute atomic E-state index is 14.6. The molecule has 1 saturated carbocycles. The van der Waals surface area contributed by atoms with Gasteiger partial charge in [0.2, 0.25) is 17.6 Å². The number of nitrogens with zero attached hydrogens (tertiary/aromatic N) is 1. The number of hydrogen-bond donors (Lipinski definition) is 4. The Morgan fingerprint density at radius 1 is 1.06 bits per heavy atom. The van der Waals surface area contributed by atoms with Gasteiger partial charge in [0.25, 0.3) is 5.91 Å². The number of benzene rings is 1. The molecule has 12 nitrogen and oxygen atoms in total. The first-order chi connectivity index (χ1) is 24.7. The Morgan fingerprint density at radius 2 is 1.70 bits per heavy atom. The van der Waals surface area contributed by atoms with Gasteiger partial charge < -0.3 is 26.2 Å². The number of piperidine rings is 1. The molecule has 0 bridgehead atoms. The molecule has 1 aromatic carbocycles. The van der Waals surface area contributed by atoms with E-state index in [4.69, 9.17) is 6.42 Å². The molecule has 0 spiro atoms. The number of hydrogen-bond acceptors (Lipinski definition) is 7. The zero-order valence-corrected chi connectivity index (χ0v) is 33.1. The Bertz CT molecular complexity index is 1640. The molecule has 1 saturated heterocycles. The first kappa shape index (κ1) is 43.2. The minimum absolute atomic E-state index is 0.0260. The highest BCUT2D eigenvalue weighted by molar-refractivity contribution is 7.90. The number of nitrogens with one attached hydrogen (secondary N) is 4. The quantitative estimate of drug-likeness (QED) is 0.119. The molecule has 292 valence electrons. The van der Waals surface area contributed by atoms with Crippen LogP contribution in [-0.4, -0.2) is 85.4 Å². The SMILES string of the molecule is C#CCCC(NC(=O)[C@@H]1CC(C)(C)C(C)CN1C(=O)[C@@H](NC(=O)NC1(CS(=O)(=O)Cc2ccccc2)CCCCC1)C(C)(C)C)C(=O)C(=O)NCC=C. The van der Waals surface area contributed by atoms with Gasteiger partial charge in [-0.25, -0.2) is 13.2 Å². The van der Waals surface area contributed by atoms with Crippen LogP contribution in [0, 0.1) is 29.1 Å². The minimum Gasteiger partial charge on any atom is -0.346 e. The van der Waals surface area contributed by atoms with Crippen molar-refractivity contribution in [2.75, 3.05) is 18.8 Å². The summed E-state index contributed by atoms with van der Waals surface area (Å²) in [6.45, 7) is 15.2. The van der Waals surface area contributed by atoms with E-state index in [-0.39, 0.29) is 55.2 Å². The van der Waals surface area contributed by atoms with Crippen molar-refractivity contribution in [2.24, 2.45) is 16.7 Å². The molecule has 1 aliphatic heterocycles. The summed E-state index contributed by atoms with van der Waals surface area (Å²) in [6, 6.07) is 4.93.